The molecule has 2 atom stereocenters. The summed E-state index contributed by atoms with van der Waals surface area (Å²) in [6, 6.07) is 5.30. The maximum absolute atomic E-state index is 16.3. The predicted octanol–water partition coefficient (Wildman–Crippen LogP) is 4.85. The number of nitrogens with zero attached hydrogens (tertiary/aromatic N) is 4. The molecule has 0 saturated carbocycles. The summed E-state index contributed by atoms with van der Waals surface area (Å²) < 4.78 is 36.7. The minimum atomic E-state index is -0.700. The lowest BCUT2D eigenvalue weighted by Gasteiger charge is -2.34. The SMILES string of the molecule is COc1c(Cl)c(-c2ccc(F)c3sc(N)c(C#N)c23)c(F)c2ncnc(N3CC4CCC(C3)N4)c12. The minimum Gasteiger partial charge on any atom is -0.494 e. The first-order chi connectivity index (χ1) is 16.9. The van der Waals surface area contributed by atoms with E-state index in [1.807, 2.05) is 6.07 Å². The molecule has 2 saturated heterocycles. The van der Waals surface area contributed by atoms with Gasteiger partial charge >= 0.3 is 0 Å². The van der Waals surface area contributed by atoms with Gasteiger partial charge in [-0.3, -0.25) is 0 Å². The number of hydrogen-bond acceptors (Lipinski definition) is 8. The van der Waals surface area contributed by atoms with Gasteiger partial charge in [0, 0.05) is 36.1 Å². The van der Waals surface area contributed by atoms with E-state index < -0.39 is 11.6 Å². The largest absolute Gasteiger partial charge is 0.494 e. The fourth-order valence-electron chi connectivity index (χ4n) is 5.34. The highest BCUT2D eigenvalue weighted by molar-refractivity contribution is 7.23. The molecule has 3 N–H and O–H groups in total. The summed E-state index contributed by atoms with van der Waals surface area (Å²) >= 11 is 7.73. The molecule has 0 aliphatic carbocycles. The molecular weight excluding hydrogens is 494 g/mol. The van der Waals surface area contributed by atoms with Gasteiger partial charge in [-0.15, -0.1) is 11.3 Å². The summed E-state index contributed by atoms with van der Waals surface area (Å²) in [5.74, 6) is -0.476. The molecule has 2 aliphatic rings. The van der Waals surface area contributed by atoms with Crippen molar-refractivity contribution in [3.63, 3.8) is 0 Å². The van der Waals surface area contributed by atoms with Crippen LogP contribution in [-0.2, 0) is 0 Å². The molecule has 0 amide bonds. The number of halogens is 3. The molecule has 2 aromatic carbocycles. The van der Waals surface area contributed by atoms with Crippen molar-refractivity contribution in [2.45, 2.75) is 24.9 Å². The maximum atomic E-state index is 16.3. The highest BCUT2D eigenvalue weighted by Crippen LogP contribution is 2.49. The number of fused-ring (bicyclic) bond motifs is 4. The zero-order valence-electron chi connectivity index (χ0n) is 18.5. The van der Waals surface area contributed by atoms with Gasteiger partial charge in [0.2, 0.25) is 0 Å². The number of ether oxygens (including phenoxy) is 1. The van der Waals surface area contributed by atoms with Crippen molar-refractivity contribution >= 4 is 54.7 Å². The van der Waals surface area contributed by atoms with E-state index >= 15 is 4.39 Å². The van der Waals surface area contributed by atoms with Gasteiger partial charge in [-0.05, 0) is 24.5 Å². The minimum absolute atomic E-state index is 0.00627. The Morgan fingerprint density at radius 2 is 1.97 bits per heavy atom. The topological polar surface area (TPSA) is 100 Å². The number of aromatic nitrogens is 2. The number of rotatable bonds is 3. The van der Waals surface area contributed by atoms with Crippen molar-refractivity contribution in [2.75, 3.05) is 30.8 Å². The second kappa shape index (κ2) is 8.16. The lowest BCUT2D eigenvalue weighted by Crippen LogP contribution is -2.51. The summed E-state index contributed by atoms with van der Waals surface area (Å²) in [7, 11) is 1.45. The second-order valence-corrected chi connectivity index (χ2v) is 10.2. The Bertz CT molecular complexity index is 1560. The molecule has 2 aliphatic heterocycles. The molecule has 2 aromatic heterocycles. The van der Waals surface area contributed by atoms with E-state index in [0.29, 0.717) is 23.3 Å². The van der Waals surface area contributed by atoms with Crippen molar-refractivity contribution < 1.29 is 13.5 Å². The summed E-state index contributed by atoms with van der Waals surface area (Å²) in [6.07, 6.45) is 3.48. The van der Waals surface area contributed by atoms with E-state index in [0.717, 1.165) is 37.3 Å². The third-order valence-corrected chi connectivity index (χ3v) is 8.21. The van der Waals surface area contributed by atoms with Gasteiger partial charge < -0.3 is 20.7 Å². The number of anilines is 2. The van der Waals surface area contributed by atoms with Crippen LogP contribution in [0, 0.1) is 23.0 Å². The zero-order chi connectivity index (χ0) is 24.4. The zero-order valence-corrected chi connectivity index (χ0v) is 20.1. The van der Waals surface area contributed by atoms with Gasteiger partial charge in [0.1, 0.15) is 34.5 Å². The number of nitrogens with two attached hydrogens (primary N) is 1. The molecule has 2 bridgehead atoms. The third-order valence-electron chi connectivity index (χ3n) is 6.82. The standard InChI is InChI=1S/C24H19ClF2N6OS/c1-34-21-17-20(30-9-31-24(17)33-7-10-2-3-11(8-33)32-10)19(27)16(18(21)25)12-4-5-14(26)22-15(12)13(6-28)23(29)35-22/h4-5,9-11,32H,2-3,7-8,29H2,1H3. The molecule has 0 spiro atoms. The molecule has 35 heavy (non-hydrogen) atoms. The summed E-state index contributed by atoms with van der Waals surface area (Å²) in [4.78, 5) is 10.8. The fraction of sp³-hybridized carbons (Fsp3) is 0.292. The van der Waals surface area contributed by atoms with Crippen LogP contribution in [0.4, 0.5) is 19.6 Å². The van der Waals surface area contributed by atoms with Crippen LogP contribution in [0.15, 0.2) is 18.5 Å². The average Bonchev–Trinajstić information content (AvgIpc) is 3.38. The lowest BCUT2D eigenvalue weighted by molar-refractivity contribution is 0.418. The summed E-state index contributed by atoms with van der Waals surface area (Å²) in [5.41, 5.74) is 6.31. The number of nitrogens with one attached hydrogen (secondary N) is 1. The van der Waals surface area contributed by atoms with E-state index in [-0.39, 0.29) is 48.1 Å². The summed E-state index contributed by atoms with van der Waals surface area (Å²) in [6.45, 7) is 1.45. The van der Waals surface area contributed by atoms with Crippen LogP contribution in [0.25, 0.3) is 32.1 Å². The first-order valence-electron chi connectivity index (χ1n) is 11.0. The Kier molecular flexibility index (Phi) is 5.18. The Hall–Kier alpha value is -3.26. The van der Waals surface area contributed by atoms with Crippen LogP contribution in [0.3, 0.4) is 0 Å². The number of piperazine rings is 1. The Morgan fingerprint density at radius 3 is 2.66 bits per heavy atom. The quantitative estimate of drug-likeness (QED) is 0.405. The monoisotopic (exact) mass is 512 g/mol. The van der Waals surface area contributed by atoms with Crippen LogP contribution in [0.1, 0.15) is 18.4 Å². The van der Waals surface area contributed by atoms with E-state index in [9.17, 15) is 9.65 Å². The molecule has 0 radical (unpaired) electrons. The Balaban J connectivity index is 1.65. The highest BCUT2D eigenvalue weighted by atomic mass is 35.5. The molecule has 4 aromatic rings. The summed E-state index contributed by atoms with van der Waals surface area (Å²) in [5, 5.41) is 14.0. The lowest BCUT2D eigenvalue weighted by atomic mass is 9.96. The smallest absolute Gasteiger partial charge is 0.159 e. The molecule has 2 unspecified atom stereocenters. The molecule has 2 fully saturated rings. The van der Waals surface area contributed by atoms with Crippen molar-refractivity contribution in [3.05, 3.63) is 40.7 Å². The van der Waals surface area contributed by atoms with Crippen molar-refractivity contribution in [1.82, 2.24) is 15.3 Å². The van der Waals surface area contributed by atoms with Gasteiger partial charge in [-0.2, -0.15) is 5.26 Å². The maximum Gasteiger partial charge on any atom is 0.159 e. The van der Waals surface area contributed by atoms with Crippen LogP contribution in [0.5, 0.6) is 5.75 Å². The van der Waals surface area contributed by atoms with E-state index in [4.69, 9.17) is 22.1 Å². The van der Waals surface area contributed by atoms with E-state index in [1.54, 1.807) is 0 Å². The number of nitrogen functional groups attached to an aromatic ring is 1. The average molecular weight is 513 g/mol. The van der Waals surface area contributed by atoms with Gasteiger partial charge in [0.15, 0.2) is 11.6 Å². The first kappa shape index (κ1) is 22.2. The van der Waals surface area contributed by atoms with Gasteiger partial charge in [0.25, 0.3) is 0 Å². The van der Waals surface area contributed by atoms with Crippen molar-refractivity contribution in [2.24, 2.45) is 0 Å². The molecule has 7 nitrogen and oxygen atoms in total. The third kappa shape index (κ3) is 3.22. The fourth-order valence-corrected chi connectivity index (χ4v) is 6.64. The molecule has 6 rings (SSSR count). The van der Waals surface area contributed by atoms with Crippen LogP contribution in [-0.4, -0.2) is 42.3 Å². The highest BCUT2D eigenvalue weighted by Gasteiger charge is 2.35. The molecular formula is C24H19ClF2N6OS. The normalized spacial score (nSPS) is 19.5. The number of benzene rings is 2. The van der Waals surface area contributed by atoms with Gasteiger partial charge in [-0.1, -0.05) is 17.7 Å². The van der Waals surface area contributed by atoms with Crippen molar-refractivity contribution in [1.29, 1.82) is 5.26 Å². The second-order valence-electron chi connectivity index (χ2n) is 8.75. The van der Waals surface area contributed by atoms with E-state index in [2.05, 4.69) is 20.2 Å². The number of nitriles is 1. The van der Waals surface area contributed by atoms with Gasteiger partial charge in [0.05, 0.1) is 27.8 Å². The number of hydrogen-bond donors (Lipinski definition) is 2. The number of thiophene rings is 1. The van der Waals surface area contributed by atoms with Crippen molar-refractivity contribution in [3.8, 4) is 22.9 Å². The molecule has 11 heteroatoms. The number of methoxy groups -OCH3 is 1. The first-order valence-corrected chi connectivity index (χ1v) is 12.2. The Morgan fingerprint density at radius 1 is 1.23 bits per heavy atom. The predicted molar refractivity (Wildman–Crippen MR) is 133 cm³/mol. The molecule has 178 valence electrons. The van der Waals surface area contributed by atoms with Gasteiger partial charge in [-0.25, -0.2) is 18.7 Å². The van der Waals surface area contributed by atoms with Crippen LogP contribution >= 0.6 is 22.9 Å². The Labute approximate surface area is 208 Å². The van der Waals surface area contributed by atoms with E-state index in [1.165, 1.54) is 25.6 Å². The van der Waals surface area contributed by atoms with Crippen LogP contribution < -0.4 is 20.7 Å². The molecule has 4 heterocycles. The van der Waals surface area contributed by atoms with Crippen LogP contribution in [0.2, 0.25) is 5.02 Å².